The number of anilines is 2. The van der Waals surface area contributed by atoms with Gasteiger partial charge in [-0.2, -0.15) is 4.98 Å². The number of thioether (sulfide) groups is 1. The molecular weight excluding hydrogens is 380 g/mol. The first-order chi connectivity index (χ1) is 13.2. The van der Waals surface area contributed by atoms with Gasteiger partial charge in [0, 0.05) is 11.1 Å². The zero-order chi connectivity index (χ0) is 18.8. The molecule has 5 nitrogen and oxygen atoms in total. The van der Waals surface area contributed by atoms with Crippen LogP contribution in [0, 0.1) is 0 Å². The molecule has 2 aromatic heterocycles. The van der Waals surface area contributed by atoms with Crippen LogP contribution in [0.5, 0.6) is 0 Å². The summed E-state index contributed by atoms with van der Waals surface area (Å²) in [6.07, 6.45) is 3.69. The van der Waals surface area contributed by atoms with Gasteiger partial charge in [-0.25, -0.2) is 4.98 Å². The van der Waals surface area contributed by atoms with E-state index in [1.807, 2.05) is 54.8 Å². The molecule has 2 heterocycles. The fourth-order valence-corrected chi connectivity index (χ4v) is 3.41. The average molecular weight is 395 g/mol. The maximum Gasteiger partial charge on any atom is 0.262 e. The molecule has 0 radical (unpaired) electrons. The second-order valence-electron chi connectivity index (χ2n) is 5.81. The van der Waals surface area contributed by atoms with Gasteiger partial charge in [0.2, 0.25) is 5.95 Å². The lowest BCUT2D eigenvalue weighted by atomic mass is 10.0. The van der Waals surface area contributed by atoms with Gasteiger partial charge >= 0.3 is 0 Å². The van der Waals surface area contributed by atoms with Gasteiger partial charge < -0.3 is 5.32 Å². The van der Waals surface area contributed by atoms with E-state index >= 15 is 0 Å². The molecule has 0 aliphatic rings. The predicted octanol–water partition coefficient (Wildman–Crippen LogP) is 5.10. The second kappa shape index (κ2) is 7.42. The van der Waals surface area contributed by atoms with E-state index in [9.17, 15) is 4.79 Å². The standard InChI is InChI=1S/C20H15ClN4OS/c1-27-13-8-6-12(7-9-13)14-10-11-22-18-17(14)19(26)25-20(24-18)23-16-5-3-2-4-15(16)21/h2-11H,1H3,(H2,22,23,24,25,26). The number of benzene rings is 2. The van der Waals surface area contributed by atoms with Crippen LogP contribution in [0.3, 0.4) is 0 Å². The van der Waals surface area contributed by atoms with E-state index in [4.69, 9.17) is 11.6 Å². The Morgan fingerprint density at radius 1 is 1.07 bits per heavy atom. The van der Waals surface area contributed by atoms with E-state index in [0.29, 0.717) is 27.7 Å². The molecule has 0 amide bonds. The molecule has 0 atom stereocenters. The van der Waals surface area contributed by atoms with Crippen molar-refractivity contribution in [1.29, 1.82) is 0 Å². The lowest BCUT2D eigenvalue weighted by Crippen LogP contribution is -2.13. The van der Waals surface area contributed by atoms with E-state index in [1.165, 1.54) is 0 Å². The Kier molecular flexibility index (Phi) is 4.83. The van der Waals surface area contributed by atoms with Gasteiger partial charge in [-0.1, -0.05) is 35.9 Å². The number of nitrogens with zero attached hydrogens (tertiary/aromatic N) is 2. The highest BCUT2D eigenvalue weighted by Crippen LogP contribution is 2.28. The summed E-state index contributed by atoms with van der Waals surface area (Å²) in [5.74, 6) is 0.294. The molecular formula is C20H15ClN4OS. The summed E-state index contributed by atoms with van der Waals surface area (Å²) < 4.78 is 0. The van der Waals surface area contributed by atoms with Crippen molar-refractivity contribution in [1.82, 2.24) is 15.0 Å². The Morgan fingerprint density at radius 3 is 2.59 bits per heavy atom. The highest BCUT2D eigenvalue weighted by molar-refractivity contribution is 7.98. The molecule has 2 N–H and O–H groups in total. The Bertz CT molecular complexity index is 1170. The third-order valence-electron chi connectivity index (χ3n) is 4.14. The summed E-state index contributed by atoms with van der Waals surface area (Å²) in [5, 5.41) is 4.03. The Labute approximate surface area is 164 Å². The number of hydrogen-bond donors (Lipinski definition) is 2. The SMILES string of the molecule is CSc1ccc(-c2ccnc3nc(Nc4ccccc4Cl)[nH]c(=O)c23)cc1. The number of para-hydroxylation sites is 1. The highest BCUT2D eigenvalue weighted by Gasteiger charge is 2.12. The van der Waals surface area contributed by atoms with Gasteiger partial charge in [-0.05, 0) is 47.7 Å². The molecule has 2 aromatic carbocycles. The quantitative estimate of drug-likeness (QED) is 0.471. The summed E-state index contributed by atoms with van der Waals surface area (Å²) in [5.41, 5.74) is 2.52. The summed E-state index contributed by atoms with van der Waals surface area (Å²) in [6, 6.07) is 17.1. The van der Waals surface area contributed by atoms with Crippen LogP contribution >= 0.6 is 23.4 Å². The Balaban J connectivity index is 1.80. The van der Waals surface area contributed by atoms with E-state index in [1.54, 1.807) is 24.0 Å². The van der Waals surface area contributed by atoms with Crippen LogP contribution in [0.4, 0.5) is 11.6 Å². The minimum atomic E-state index is -0.258. The number of halogens is 1. The zero-order valence-corrected chi connectivity index (χ0v) is 15.9. The van der Waals surface area contributed by atoms with Crippen molar-refractivity contribution in [3.63, 3.8) is 0 Å². The van der Waals surface area contributed by atoms with Crippen molar-refractivity contribution in [3.8, 4) is 11.1 Å². The van der Waals surface area contributed by atoms with Crippen LogP contribution in [-0.2, 0) is 0 Å². The van der Waals surface area contributed by atoms with Crippen LogP contribution in [0.15, 0.2) is 70.5 Å². The van der Waals surface area contributed by atoms with Gasteiger partial charge in [-0.3, -0.25) is 9.78 Å². The van der Waals surface area contributed by atoms with Crippen LogP contribution in [-0.4, -0.2) is 21.2 Å². The molecule has 4 aromatic rings. The summed E-state index contributed by atoms with van der Waals surface area (Å²) >= 11 is 7.83. The first kappa shape index (κ1) is 17.6. The monoisotopic (exact) mass is 394 g/mol. The molecule has 134 valence electrons. The minimum Gasteiger partial charge on any atom is -0.324 e. The van der Waals surface area contributed by atoms with Crippen molar-refractivity contribution in [2.45, 2.75) is 4.90 Å². The second-order valence-corrected chi connectivity index (χ2v) is 7.09. The minimum absolute atomic E-state index is 0.258. The highest BCUT2D eigenvalue weighted by atomic mass is 35.5. The van der Waals surface area contributed by atoms with Crippen LogP contribution in [0.25, 0.3) is 22.2 Å². The van der Waals surface area contributed by atoms with Gasteiger partial charge in [0.1, 0.15) is 0 Å². The zero-order valence-electron chi connectivity index (χ0n) is 14.4. The number of hydrogen-bond acceptors (Lipinski definition) is 5. The number of rotatable bonds is 4. The largest absolute Gasteiger partial charge is 0.324 e. The Hall–Kier alpha value is -2.83. The van der Waals surface area contributed by atoms with Gasteiger partial charge in [0.25, 0.3) is 5.56 Å². The summed E-state index contributed by atoms with van der Waals surface area (Å²) in [7, 11) is 0. The molecule has 7 heteroatoms. The molecule has 0 aliphatic heterocycles. The number of pyridine rings is 1. The smallest absolute Gasteiger partial charge is 0.262 e. The number of nitrogens with one attached hydrogen (secondary N) is 2. The van der Waals surface area contributed by atoms with Crippen molar-refractivity contribution in [2.24, 2.45) is 0 Å². The molecule has 4 rings (SSSR count). The van der Waals surface area contributed by atoms with Crippen molar-refractivity contribution < 1.29 is 0 Å². The molecule has 27 heavy (non-hydrogen) atoms. The molecule has 0 unspecified atom stereocenters. The van der Waals surface area contributed by atoms with Crippen LogP contribution in [0.2, 0.25) is 5.02 Å². The molecule has 0 aliphatic carbocycles. The molecule has 0 saturated carbocycles. The fourth-order valence-electron chi connectivity index (χ4n) is 2.82. The Morgan fingerprint density at radius 2 is 1.85 bits per heavy atom. The lowest BCUT2D eigenvalue weighted by Gasteiger charge is -2.10. The van der Waals surface area contributed by atoms with Gasteiger partial charge in [-0.15, -0.1) is 11.8 Å². The van der Waals surface area contributed by atoms with Gasteiger partial charge in [0.15, 0.2) is 5.65 Å². The normalized spacial score (nSPS) is 10.9. The molecule has 0 saturated heterocycles. The lowest BCUT2D eigenvalue weighted by molar-refractivity contribution is 1.14. The van der Waals surface area contributed by atoms with Crippen molar-refractivity contribution in [2.75, 3.05) is 11.6 Å². The topological polar surface area (TPSA) is 70.7 Å². The number of H-pyrrole nitrogens is 1. The molecule has 0 fully saturated rings. The maximum absolute atomic E-state index is 12.8. The summed E-state index contributed by atoms with van der Waals surface area (Å²) in [6.45, 7) is 0. The number of aromatic amines is 1. The number of aromatic nitrogens is 3. The van der Waals surface area contributed by atoms with E-state index in [2.05, 4.69) is 20.3 Å². The fraction of sp³-hybridized carbons (Fsp3) is 0.0500. The van der Waals surface area contributed by atoms with Crippen LogP contribution < -0.4 is 10.9 Å². The van der Waals surface area contributed by atoms with Crippen molar-refractivity contribution in [3.05, 3.63) is 76.2 Å². The predicted molar refractivity (Wildman–Crippen MR) is 112 cm³/mol. The first-order valence-electron chi connectivity index (χ1n) is 8.21. The molecule has 0 bridgehead atoms. The molecule has 0 spiro atoms. The van der Waals surface area contributed by atoms with Gasteiger partial charge in [0.05, 0.1) is 16.1 Å². The van der Waals surface area contributed by atoms with Crippen molar-refractivity contribution >= 4 is 46.0 Å². The third-order valence-corrected chi connectivity index (χ3v) is 5.21. The van der Waals surface area contributed by atoms with E-state index in [-0.39, 0.29) is 5.56 Å². The van der Waals surface area contributed by atoms with E-state index in [0.717, 1.165) is 16.0 Å². The third kappa shape index (κ3) is 3.54. The van der Waals surface area contributed by atoms with E-state index < -0.39 is 0 Å². The number of fused-ring (bicyclic) bond motifs is 1. The van der Waals surface area contributed by atoms with Crippen LogP contribution in [0.1, 0.15) is 0 Å². The first-order valence-corrected chi connectivity index (χ1v) is 9.81. The summed E-state index contributed by atoms with van der Waals surface area (Å²) in [4.78, 5) is 25.5. The maximum atomic E-state index is 12.8. The average Bonchev–Trinajstić information content (AvgIpc) is 2.69.